The van der Waals surface area contributed by atoms with Gasteiger partial charge in [0.2, 0.25) is 5.91 Å². The van der Waals surface area contributed by atoms with Crippen molar-refractivity contribution < 1.29 is 18.4 Å². The molecule has 10 nitrogen and oxygen atoms in total. The van der Waals surface area contributed by atoms with Gasteiger partial charge in [0.05, 0.1) is 29.5 Å². The smallest absolute Gasteiger partial charge is 0.282 e. The molecule has 0 spiro atoms. The van der Waals surface area contributed by atoms with Gasteiger partial charge in [0, 0.05) is 19.3 Å². The maximum absolute atomic E-state index is 12.9. The SMILES string of the molecule is CCn1ncc(NC(=O)C(C)n2nc(C(F)F)cc2C)c1C(=O)Nc1cnn(C)c1C. The standard InChI is InChI=1S/C19H24F2N8O2/c1-6-28-16(19(31)24-14-8-22-27(5)11(14)3)15(9-23-28)25-18(30)12(4)29-10(2)7-13(26-29)17(20)21/h7-9,12,17H,6H2,1-5H3,(H,24,31)(H,25,30). The molecule has 0 saturated heterocycles. The second-order valence-electron chi connectivity index (χ2n) is 7.07. The molecule has 166 valence electrons. The van der Waals surface area contributed by atoms with Crippen molar-refractivity contribution in [2.45, 2.75) is 46.7 Å². The number of aromatic nitrogens is 6. The Morgan fingerprint density at radius 3 is 2.35 bits per heavy atom. The molecule has 0 aromatic carbocycles. The normalized spacial score (nSPS) is 12.3. The molecule has 3 heterocycles. The number of anilines is 2. The molecule has 1 unspecified atom stereocenters. The molecule has 0 radical (unpaired) electrons. The summed E-state index contributed by atoms with van der Waals surface area (Å²) in [4.78, 5) is 25.7. The van der Waals surface area contributed by atoms with Crippen molar-refractivity contribution in [3.63, 3.8) is 0 Å². The molecule has 0 saturated carbocycles. The van der Waals surface area contributed by atoms with E-state index in [1.54, 1.807) is 18.7 Å². The lowest BCUT2D eigenvalue weighted by atomic mass is 10.2. The summed E-state index contributed by atoms with van der Waals surface area (Å²) < 4.78 is 30.2. The number of aryl methyl sites for hydroxylation is 3. The third kappa shape index (κ3) is 4.32. The van der Waals surface area contributed by atoms with Gasteiger partial charge in [-0.05, 0) is 33.8 Å². The van der Waals surface area contributed by atoms with E-state index < -0.39 is 30.0 Å². The zero-order valence-electron chi connectivity index (χ0n) is 17.8. The highest BCUT2D eigenvalue weighted by atomic mass is 19.3. The first-order valence-electron chi connectivity index (χ1n) is 9.64. The zero-order chi connectivity index (χ0) is 22.9. The van der Waals surface area contributed by atoms with E-state index in [1.165, 1.54) is 34.7 Å². The van der Waals surface area contributed by atoms with E-state index in [-0.39, 0.29) is 11.4 Å². The van der Waals surface area contributed by atoms with Crippen LogP contribution in [0.1, 0.15) is 53.9 Å². The van der Waals surface area contributed by atoms with Crippen LogP contribution in [0.2, 0.25) is 0 Å². The third-order valence-electron chi connectivity index (χ3n) is 5.01. The van der Waals surface area contributed by atoms with Crippen molar-refractivity contribution >= 4 is 23.2 Å². The van der Waals surface area contributed by atoms with Crippen LogP contribution < -0.4 is 10.6 Å². The largest absolute Gasteiger partial charge is 0.321 e. The first kappa shape index (κ1) is 22.1. The Kier molecular flexibility index (Phi) is 6.18. The number of nitrogens with zero attached hydrogens (tertiary/aromatic N) is 6. The molecule has 3 rings (SSSR count). The molecule has 1 atom stereocenters. The fourth-order valence-corrected chi connectivity index (χ4v) is 3.12. The zero-order valence-corrected chi connectivity index (χ0v) is 17.8. The lowest BCUT2D eigenvalue weighted by Gasteiger charge is -2.15. The average molecular weight is 434 g/mol. The molecule has 0 aliphatic rings. The van der Waals surface area contributed by atoms with Gasteiger partial charge in [-0.15, -0.1) is 0 Å². The summed E-state index contributed by atoms with van der Waals surface area (Å²) >= 11 is 0. The van der Waals surface area contributed by atoms with E-state index in [2.05, 4.69) is 25.9 Å². The van der Waals surface area contributed by atoms with Crippen LogP contribution in [-0.4, -0.2) is 41.2 Å². The summed E-state index contributed by atoms with van der Waals surface area (Å²) in [5.74, 6) is -0.983. The molecule has 12 heteroatoms. The maximum atomic E-state index is 12.9. The number of hydrogen-bond donors (Lipinski definition) is 2. The van der Waals surface area contributed by atoms with Crippen LogP contribution in [0.4, 0.5) is 20.2 Å². The molecule has 0 bridgehead atoms. The molecule has 0 aliphatic heterocycles. The van der Waals surface area contributed by atoms with Crippen LogP contribution in [0.15, 0.2) is 18.5 Å². The first-order valence-corrected chi connectivity index (χ1v) is 9.64. The Labute approximate surface area is 177 Å². The van der Waals surface area contributed by atoms with Gasteiger partial charge in [-0.2, -0.15) is 15.3 Å². The van der Waals surface area contributed by atoms with E-state index in [4.69, 9.17) is 0 Å². The Bertz CT molecular complexity index is 1110. The monoisotopic (exact) mass is 434 g/mol. The first-order chi connectivity index (χ1) is 14.6. The highest BCUT2D eigenvalue weighted by molar-refractivity contribution is 6.09. The number of hydrogen-bond acceptors (Lipinski definition) is 5. The van der Waals surface area contributed by atoms with E-state index in [9.17, 15) is 18.4 Å². The molecule has 31 heavy (non-hydrogen) atoms. The van der Waals surface area contributed by atoms with Crippen molar-refractivity contribution in [3.8, 4) is 0 Å². The lowest BCUT2D eigenvalue weighted by Crippen LogP contribution is -2.27. The van der Waals surface area contributed by atoms with Gasteiger partial charge in [-0.25, -0.2) is 8.78 Å². The number of nitrogens with one attached hydrogen (secondary N) is 2. The molecule has 3 aromatic rings. The predicted octanol–water partition coefficient (Wildman–Crippen LogP) is 2.84. The van der Waals surface area contributed by atoms with Gasteiger partial charge in [0.25, 0.3) is 12.3 Å². The van der Waals surface area contributed by atoms with Crippen LogP contribution in [0.25, 0.3) is 0 Å². The summed E-state index contributed by atoms with van der Waals surface area (Å²) in [6.45, 7) is 7.15. The molecular formula is C19H24F2N8O2. The van der Waals surface area contributed by atoms with Gasteiger partial charge in [0.15, 0.2) is 0 Å². The number of carbonyl (C=O) groups is 2. The van der Waals surface area contributed by atoms with Crippen molar-refractivity contribution in [1.29, 1.82) is 0 Å². The topological polar surface area (TPSA) is 112 Å². The van der Waals surface area contributed by atoms with E-state index in [0.717, 1.165) is 5.69 Å². The minimum absolute atomic E-state index is 0.164. The number of halogens is 2. The quantitative estimate of drug-likeness (QED) is 0.594. The minimum atomic E-state index is -2.73. The fourth-order valence-electron chi connectivity index (χ4n) is 3.12. The molecule has 2 N–H and O–H groups in total. The average Bonchev–Trinajstić information content (AvgIpc) is 3.40. The van der Waals surface area contributed by atoms with E-state index in [1.807, 2.05) is 13.8 Å². The lowest BCUT2D eigenvalue weighted by molar-refractivity contribution is -0.119. The third-order valence-corrected chi connectivity index (χ3v) is 5.01. The van der Waals surface area contributed by atoms with Gasteiger partial charge >= 0.3 is 0 Å². The van der Waals surface area contributed by atoms with Crippen molar-refractivity contribution in [2.75, 3.05) is 10.6 Å². The second kappa shape index (κ2) is 8.66. The molecule has 0 fully saturated rings. The second-order valence-corrected chi connectivity index (χ2v) is 7.07. The van der Waals surface area contributed by atoms with E-state index >= 15 is 0 Å². The van der Waals surface area contributed by atoms with Crippen molar-refractivity contribution in [3.05, 3.63) is 41.2 Å². The van der Waals surface area contributed by atoms with Crippen LogP contribution >= 0.6 is 0 Å². The van der Waals surface area contributed by atoms with Gasteiger partial charge in [-0.1, -0.05) is 0 Å². The highest BCUT2D eigenvalue weighted by Gasteiger charge is 2.25. The molecular weight excluding hydrogens is 410 g/mol. The Morgan fingerprint density at radius 2 is 1.81 bits per heavy atom. The fraction of sp³-hybridized carbons (Fsp3) is 0.421. The van der Waals surface area contributed by atoms with Gasteiger partial charge in [0.1, 0.15) is 17.4 Å². The summed E-state index contributed by atoms with van der Waals surface area (Å²) in [5.41, 5.74) is 1.69. The molecule has 0 aliphatic carbocycles. The van der Waals surface area contributed by atoms with Crippen LogP contribution in [0.3, 0.4) is 0 Å². The van der Waals surface area contributed by atoms with Gasteiger partial charge < -0.3 is 10.6 Å². The highest BCUT2D eigenvalue weighted by Crippen LogP contribution is 2.23. The van der Waals surface area contributed by atoms with Crippen LogP contribution in [0, 0.1) is 13.8 Å². The Balaban J connectivity index is 1.83. The predicted molar refractivity (Wildman–Crippen MR) is 109 cm³/mol. The number of alkyl halides is 2. The summed E-state index contributed by atoms with van der Waals surface area (Å²) in [6, 6.07) is 0.354. The minimum Gasteiger partial charge on any atom is -0.321 e. The molecule has 3 aromatic heterocycles. The Hall–Kier alpha value is -3.57. The summed E-state index contributed by atoms with van der Waals surface area (Å²) in [6.07, 6.45) is 0.172. The number of rotatable bonds is 7. The summed E-state index contributed by atoms with van der Waals surface area (Å²) in [7, 11) is 1.76. The Morgan fingerprint density at radius 1 is 1.13 bits per heavy atom. The van der Waals surface area contributed by atoms with Crippen molar-refractivity contribution in [2.24, 2.45) is 7.05 Å². The maximum Gasteiger partial charge on any atom is 0.282 e. The number of carbonyl (C=O) groups excluding carboxylic acids is 2. The van der Waals surface area contributed by atoms with Crippen molar-refractivity contribution in [1.82, 2.24) is 29.3 Å². The van der Waals surface area contributed by atoms with Gasteiger partial charge in [-0.3, -0.25) is 23.6 Å². The van der Waals surface area contributed by atoms with Crippen LogP contribution in [0.5, 0.6) is 0 Å². The molecule has 2 amide bonds. The van der Waals surface area contributed by atoms with Crippen LogP contribution in [-0.2, 0) is 18.4 Å². The van der Waals surface area contributed by atoms with E-state index in [0.29, 0.717) is 17.9 Å². The number of amides is 2. The summed E-state index contributed by atoms with van der Waals surface area (Å²) in [5, 5.41) is 17.5.